The van der Waals surface area contributed by atoms with Crippen molar-refractivity contribution in [3.63, 3.8) is 0 Å². The van der Waals surface area contributed by atoms with Gasteiger partial charge in [0, 0.05) is 26.2 Å². The van der Waals surface area contributed by atoms with Crippen molar-refractivity contribution in [2.75, 3.05) is 57.4 Å². The molecule has 21 nitrogen and oxygen atoms in total. The number of nitrogens with zero attached hydrogens (tertiary/aromatic N) is 4. The highest BCUT2D eigenvalue weighted by atomic mass is 35.5. The van der Waals surface area contributed by atoms with Gasteiger partial charge in [0.15, 0.2) is 28.4 Å². The van der Waals surface area contributed by atoms with E-state index in [9.17, 15) is 50.4 Å². The molecule has 61 heavy (non-hydrogen) atoms. The number of benzene rings is 2. The zero-order valence-electron chi connectivity index (χ0n) is 33.4. The lowest BCUT2D eigenvalue weighted by molar-refractivity contribution is -0.135. The van der Waals surface area contributed by atoms with Gasteiger partial charge in [0.25, 0.3) is 5.91 Å². The lowest BCUT2D eigenvalue weighted by atomic mass is 9.99. The SMILES string of the molecule is NC(=NCCCCc1ccc(-c2ccc(CCCNC(=O)CN(CC(O)C(O)C(O)C(O)CO)CC(O)C(O)C(O)C(O)CO)cc2)cc1)NC(=O)c1nc(Cl)c(N)nc1N. The quantitative estimate of drug-likeness (QED) is 0.0221. The van der Waals surface area contributed by atoms with Crippen molar-refractivity contribution in [2.24, 2.45) is 10.7 Å². The molecule has 3 rings (SSSR count). The molecule has 3 aromatic rings. The number of aliphatic imine (C=N–C) groups is 1. The molecule has 18 N–H and O–H groups in total. The van der Waals surface area contributed by atoms with E-state index in [1.165, 1.54) is 0 Å². The van der Waals surface area contributed by atoms with Crippen molar-refractivity contribution < 1.29 is 60.7 Å². The normalized spacial score (nSPS) is 16.0. The number of aliphatic hydroxyl groups is 10. The summed E-state index contributed by atoms with van der Waals surface area (Å²) < 4.78 is 0. The van der Waals surface area contributed by atoms with E-state index in [0.29, 0.717) is 19.4 Å². The molecule has 1 aromatic heterocycles. The zero-order chi connectivity index (χ0) is 45.2. The van der Waals surface area contributed by atoms with Crippen LogP contribution in [-0.4, -0.2) is 178 Å². The maximum absolute atomic E-state index is 12.9. The fourth-order valence-electron chi connectivity index (χ4n) is 6.05. The molecule has 0 saturated heterocycles. The molecule has 2 amide bonds. The average Bonchev–Trinajstić information content (AvgIpc) is 3.24. The minimum absolute atomic E-state index is 0.0935. The third-order valence-corrected chi connectivity index (χ3v) is 9.91. The Labute approximate surface area is 357 Å². The van der Waals surface area contributed by atoms with E-state index in [4.69, 9.17) is 39.0 Å². The number of carbonyl (C=O) groups is 2. The van der Waals surface area contributed by atoms with Crippen LogP contribution in [0.2, 0.25) is 5.15 Å². The first-order valence-corrected chi connectivity index (χ1v) is 19.9. The molecule has 0 aliphatic carbocycles. The maximum atomic E-state index is 12.9. The molecule has 8 unspecified atom stereocenters. The van der Waals surface area contributed by atoms with Crippen molar-refractivity contribution in [2.45, 2.75) is 80.9 Å². The number of carbonyl (C=O) groups excluding carboxylic acids is 2. The number of aromatic nitrogens is 2. The van der Waals surface area contributed by atoms with E-state index in [1.54, 1.807) is 0 Å². The van der Waals surface area contributed by atoms with Crippen molar-refractivity contribution in [3.8, 4) is 11.1 Å². The summed E-state index contributed by atoms with van der Waals surface area (Å²) >= 11 is 5.82. The minimum Gasteiger partial charge on any atom is -0.394 e. The number of unbranched alkanes of at least 4 members (excludes halogenated alkanes) is 1. The Morgan fingerprint density at radius 1 is 0.689 bits per heavy atom. The van der Waals surface area contributed by atoms with Gasteiger partial charge in [-0.2, -0.15) is 0 Å². The van der Waals surface area contributed by atoms with Gasteiger partial charge in [-0.15, -0.1) is 0 Å². The van der Waals surface area contributed by atoms with Gasteiger partial charge >= 0.3 is 0 Å². The first-order valence-electron chi connectivity index (χ1n) is 19.5. The Morgan fingerprint density at radius 2 is 1.16 bits per heavy atom. The second kappa shape index (κ2) is 25.3. The van der Waals surface area contributed by atoms with E-state index in [-0.39, 0.29) is 35.0 Å². The number of aryl methyl sites for hydroxylation is 2. The molecule has 338 valence electrons. The third-order valence-electron chi connectivity index (χ3n) is 9.63. The lowest BCUT2D eigenvalue weighted by Crippen LogP contribution is -2.54. The molecule has 8 atom stereocenters. The van der Waals surface area contributed by atoms with E-state index < -0.39 is 93.5 Å². The van der Waals surface area contributed by atoms with E-state index in [1.807, 2.05) is 36.4 Å². The molecular formula is C39H58ClN9O12. The number of nitrogens with one attached hydrogen (secondary N) is 2. The van der Waals surface area contributed by atoms with Crippen molar-refractivity contribution in [1.29, 1.82) is 0 Å². The third kappa shape index (κ3) is 16.3. The van der Waals surface area contributed by atoms with Gasteiger partial charge < -0.3 is 73.6 Å². The average molecular weight is 880 g/mol. The second-order valence-electron chi connectivity index (χ2n) is 14.5. The van der Waals surface area contributed by atoms with Crippen LogP contribution in [0.5, 0.6) is 0 Å². The Kier molecular flexibility index (Phi) is 21.1. The van der Waals surface area contributed by atoms with Gasteiger partial charge in [-0.3, -0.25) is 24.8 Å². The summed E-state index contributed by atoms with van der Waals surface area (Å²) in [5.41, 5.74) is 21.0. The standard InChI is InChI=1S/C39H58ClN9O12/c40-35-37(42)47-36(41)30(46-35)38(61)48-39(43)45-14-2-1-4-21-6-10-23(11-7-21)24-12-8-22(9-13-24)5-3-15-44-29(56)18-49(16-25(52)31(57)33(59)27(54)19-50)17-26(53)32(58)34(60)28(55)20-51/h6-13,25-28,31-34,50-55,57-60H,1-5,14-20H2,(H,44,56)(H4,41,42,47)(H3,43,45,48,61). The molecule has 0 radical (unpaired) electrons. The largest absolute Gasteiger partial charge is 0.394 e. The molecule has 2 aromatic carbocycles. The number of halogens is 1. The molecule has 22 heteroatoms. The van der Waals surface area contributed by atoms with E-state index >= 15 is 0 Å². The first-order chi connectivity index (χ1) is 28.9. The van der Waals surface area contributed by atoms with Crippen LogP contribution in [0.15, 0.2) is 53.5 Å². The van der Waals surface area contributed by atoms with Gasteiger partial charge in [0.2, 0.25) is 5.91 Å². The van der Waals surface area contributed by atoms with Crippen molar-refractivity contribution in [3.05, 3.63) is 70.5 Å². The Hall–Kier alpha value is -4.62. The predicted octanol–water partition coefficient (Wildman–Crippen LogP) is -3.75. The van der Waals surface area contributed by atoms with Gasteiger partial charge in [-0.25, -0.2) is 9.97 Å². The number of guanidine groups is 1. The smallest absolute Gasteiger partial charge is 0.280 e. The summed E-state index contributed by atoms with van der Waals surface area (Å²) in [7, 11) is 0. The van der Waals surface area contributed by atoms with Crippen LogP contribution in [0.3, 0.4) is 0 Å². The highest BCUT2D eigenvalue weighted by Crippen LogP contribution is 2.22. The summed E-state index contributed by atoms with van der Waals surface area (Å²) in [6, 6.07) is 16.1. The van der Waals surface area contributed by atoms with Crippen LogP contribution >= 0.6 is 11.6 Å². The molecule has 1 heterocycles. The fraction of sp³-hybridized carbons (Fsp3) is 0.513. The number of anilines is 2. The minimum atomic E-state index is -1.97. The molecule has 0 spiro atoms. The predicted molar refractivity (Wildman–Crippen MR) is 225 cm³/mol. The number of nitrogens with two attached hydrogens (primary N) is 3. The highest BCUT2D eigenvalue weighted by molar-refractivity contribution is 6.31. The monoisotopic (exact) mass is 879 g/mol. The molecule has 0 saturated carbocycles. The van der Waals surface area contributed by atoms with Crippen LogP contribution in [0.25, 0.3) is 11.1 Å². The number of nitrogen functional groups attached to an aromatic ring is 2. The van der Waals surface area contributed by atoms with Gasteiger partial charge in [0.1, 0.15) is 36.6 Å². The van der Waals surface area contributed by atoms with Gasteiger partial charge in [-0.1, -0.05) is 60.1 Å². The molecule has 0 bridgehead atoms. The van der Waals surface area contributed by atoms with Crippen LogP contribution in [0, 0.1) is 0 Å². The van der Waals surface area contributed by atoms with Gasteiger partial charge in [0.05, 0.1) is 32.0 Å². The maximum Gasteiger partial charge on any atom is 0.280 e. The fourth-order valence-corrected chi connectivity index (χ4v) is 6.17. The Morgan fingerprint density at radius 3 is 1.66 bits per heavy atom. The Bertz CT molecular complexity index is 1820. The van der Waals surface area contributed by atoms with Crippen LogP contribution in [0.4, 0.5) is 11.6 Å². The molecule has 0 aliphatic rings. The van der Waals surface area contributed by atoms with Crippen molar-refractivity contribution >= 4 is 41.0 Å². The van der Waals surface area contributed by atoms with E-state index in [0.717, 1.165) is 46.4 Å². The number of amides is 2. The summed E-state index contributed by atoms with van der Waals surface area (Å²) in [4.78, 5) is 38.1. The highest BCUT2D eigenvalue weighted by Gasteiger charge is 2.35. The number of rotatable bonds is 25. The van der Waals surface area contributed by atoms with Crippen LogP contribution < -0.4 is 27.8 Å². The number of aliphatic hydroxyl groups excluding tert-OH is 10. The molecule has 0 fully saturated rings. The summed E-state index contributed by atoms with van der Waals surface area (Å²) in [5.74, 6) is -1.64. The Balaban J connectivity index is 1.44. The summed E-state index contributed by atoms with van der Waals surface area (Å²) in [6.45, 7) is -2.78. The number of hydrogen-bond acceptors (Lipinski definition) is 18. The lowest BCUT2D eigenvalue weighted by Gasteiger charge is -2.33. The number of hydrogen-bond donors (Lipinski definition) is 15. The first kappa shape index (κ1) is 50.7. The second-order valence-corrected chi connectivity index (χ2v) is 14.8. The van der Waals surface area contributed by atoms with E-state index in [2.05, 4.69) is 37.7 Å². The summed E-state index contributed by atoms with van der Waals surface area (Å²) in [5, 5.41) is 104. The van der Waals surface area contributed by atoms with Crippen molar-refractivity contribution in [1.82, 2.24) is 25.5 Å². The van der Waals surface area contributed by atoms with Crippen LogP contribution in [-0.2, 0) is 17.6 Å². The summed E-state index contributed by atoms with van der Waals surface area (Å²) in [6.07, 6.45) is -11.4. The molecular weight excluding hydrogens is 822 g/mol. The van der Waals surface area contributed by atoms with Crippen LogP contribution in [0.1, 0.15) is 40.9 Å². The van der Waals surface area contributed by atoms with Gasteiger partial charge in [-0.05, 0) is 54.4 Å². The zero-order valence-corrected chi connectivity index (χ0v) is 34.2. The molecule has 0 aliphatic heterocycles. The topological polar surface area (TPSA) is 380 Å².